The van der Waals surface area contributed by atoms with E-state index in [1.807, 2.05) is 11.9 Å². The Bertz CT molecular complexity index is 288. The number of ether oxygens (including phenoxy) is 1. The van der Waals surface area contributed by atoms with Crippen LogP contribution in [0, 0.1) is 0 Å². The van der Waals surface area contributed by atoms with Gasteiger partial charge in [-0.1, -0.05) is 19.3 Å². The van der Waals surface area contributed by atoms with Gasteiger partial charge < -0.3 is 10.1 Å². The van der Waals surface area contributed by atoms with Gasteiger partial charge in [0.15, 0.2) is 0 Å². The van der Waals surface area contributed by atoms with Gasteiger partial charge >= 0.3 is 5.97 Å². The van der Waals surface area contributed by atoms with Crippen molar-refractivity contribution in [2.24, 2.45) is 0 Å². The van der Waals surface area contributed by atoms with Crippen LogP contribution in [0.25, 0.3) is 0 Å². The average Bonchev–Trinajstić information content (AvgIpc) is 2.38. The van der Waals surface area contributed by atoms with Gasteiger partial charge in [-0.15, -0.1) is 0 Å². The Kier molecular flexibility index (Phi) is 7.48. The highest BCUT2D eigenvalue weighted by Gasteiger charge is 2.16. The maximum Gasteiger partial charge on any atom is 0.307 e. The van der Waals surface area contributed by atoms with Crippen LogP contribution in [-0.2, 0) is 14.3 Å². The topological polar surface area (TPSA) is 58.6 Å². The van der Waals surface area contributed by atoms with E-state index in [0.717, 1.165) is 12.8 Å². The van der Waals surface area contributed by atoms with Crippen molar-refractivity contribution in [3.05, 3.63) is 0 Å². The van der Waals surface area contributed by atoms with Gasteiger partial charge in [0.1, 0.15) is 0 Å². The van der Waals surface area contributed by atoms with Crippen LogP contribution in [0.2, 0.25) is 0 Å². The first-order valence-electron chi connectivity index (χ1n) is 7.25. The van der Waals surface area contributed by atoms with Crippen molar-refractivity contribution in [3.8, 4) is 0 Å². The number of rotatable bonds is 7. The zero-order valence-electron chi connectivity index (χ0n) is 12.1. The van der Waals surface area contributed by atoms with Crippen molar-refractivity contribution >= 4 is 11.9 Å². The van der Waals surface area contributed by atoms with Crippen LogP contribution in [0.15, 0.2) is 0 Å². The Morgan fingerprint density at radius 3 is 2.58 bits per heavy atom. The fraction of sp³-hybridized carbons (Fsp3) is 0.857. The summed E-state index contributed by atoms with van der Waals surface area (Å²) in [5.74, 6) is -0.153. The van der Waals surface area contributed by atoms with E-state index in [1.165, 1.54) is 19.3 Å². The van der Waals surface area contributed by atoms with E-state index in [1.54, 1.807) is 6.92 Å². The molecule has 0 saturated heterocycles. The third kappa shape index (κ3) is 7.15. The Morgan fingerprint density at radius 2 is 1.95 bits per heavy atom. The number of likely N-dealkylation sites (N-methyl/N-ethyl adjacent to an activating group) is 1. The lowest BCUT2D eigenvalue weighted by Gasteiger charge is -2.24. The number of carbonyl (C=O) groups excluding carboxylic acids is 2. The maximum absolute atomic E-state index is 11.8. The zero-order chi connectivity index (χ0) is 14.1. The molecule has 0 aromatic heterocycles. The second kappa shape index (κ2) is 8.91. The van der Waals surface area contributed by atoms with Crippen molar-refractivity contribution in [3.63, 3.8) is 0 Å². The minimum absolute atomic E-state index is 0.0539. The van der Waals surface area contributed by atoms with E-state index < -0.39 is 0 Å². The summed E-state index contributed by atoms with van der Waals surface area (Å²) in [5, 5.41) is 3.07. The number of amides is 1. The monoisotopic (exact) mass is 270 g/mol. The Morgan fingerprint density at radius 1 is 1.26 bits per heavy atom. The molecule has 0 aromatic carbocycles. The molecule has 1 fully saturated rings. The molecule has 19 heavy (non-hydrogen) atoms. The summed E-state index contributed by atoms with van der Waals surface area (Å²) in [6, 6.07) is 0.347. The molecule has 1 saturated carbocycles. The summed E-state index contributed by atoms with van der Waals surface area (Å²) < 4.78 is 4.85. The van der Waals surface area contributed by atoms with Crippen LogP contribution >= 0.6 is 0 Å². The van der Waals surface area contributed by atoms with Crippen molar-refractivity contribution in [2.45, 2.75) is 51.5 Å². The van der Waals surface area contributed by atoms with E-state index in [0.29, 0.717) is 32.2 Å². The van der Waals surface area contributed by atoms with Crippen LogP contribution in [0.5, 0.6) is 0 Å². The molecule has 0 bridgehead atoms. The lowest BCUT2D eigenvalue weighted by atomic mass is 9.95. The predicted octanol–water partition coefficient (Wildman–Crippen LogP) is 1.32. The van der Waals surface area contributed by atoms with Crippen molar-refractivity contribution in [1.82, 2.24) is 10.2 Å². The molecule has 0 radical (unpaired) electrons. The molecule has 0 heterocycles. The lowest BCUT2D eigenvalue weighted by Crippen LogP contribution is -2.42. The molecule has 1 rings (SSSR count). The maximum atomic E-state index is 11.8. The summed E-state index contributed by atoms with van der Waals surface area (Å²) in [5.41, 5.74) is 0. The fourth-order valence-corrected chi connectivity index (χ4v) is 2.36. The van der Waals surface area contributed by atoms with Gasteiger partial charge in [-0.2, -0.15) is 0 Å². The first-order chi connectivity index (χ1) is 9.11. The van der Waals surface area contributed by atoms with Crippen molar-refractivity contribution < 1.29 is 14.3 Å². The van der Waals surface area contributed by atoms with Gasteiger partial charge in [0, 0.05) is 12.6 Å². The van der Waals surface area contributed by atoms with Crippen LogP contribution in [0.3, 0.4) is 0 Å². The molecule has 0 aliphatic heterocycles. The molecule has 1 aliphatic carbocycles. The normalized spacial score (nSPS) is 16.4. The molecule has 1 N–H and O–H groups in total. The molecule has 0 spiro atoms. The highest BCUT2D eigenvalue weighted by molar-refractivity contribution is 5.78. The van der Waals surface area contributed by atoms with Crippen molar-refractivity contribution in [1.29, 1.82) is 0 Å². The largest absolute Gasteiger partial charge is 0.466 e. The van der Waals surface area contributed by atoms with Gasteiger partial charge in [0.05, 0.1) is 19.6 Å². The standard InChI is InChI=1S/C14H26N2O3/c1-3-19-14(18)9-10-16(2)11-13(17)15-12-7-5-4-6-8-12/h12H,3-11H2,1-2H3,(H,15,17). The van der Waals surface area contributed by atoms with E-state index in [2.05, 4.69) is 5.32 Å². The Labute approximate surface area is 115 Å². The summed E-state index contributed by atoms with van der Waals surface area (Å²) >= 11 is 0. The number of hydrogen-bond donors (Lipinski definition) is 1. The van der Waals surface area contributed by atoms with Crippen LogP contribution in [0.1, 0.15) is 45.4 Å². The highest BCUT2D eigenvalue weighted by atomic mass is 16.5. The van der Waals surface area contributed by atoms with Crippen LogP contribution in [-0.4, -0.2) is 49.6 Å². The molecule has 0 atom stereocenters. The van der Waals surface area contributed by atoms with E-state index in [-0.39, 0.29) is 11.9 Å². The first kappa shape index (κ1) is 16.0. The highest BCUT2D eigenvalue weighted by Crippen LogP contribution is 2.17. The smallest absolute Gasteiger partial charge is 0.307 e. The van der Waals surface area contributed by atoms with Gasteiger partial charge in [-0.25, -0.2) is 0 Å². The van der Waals surface area contributed by atoms with Gasteiger partial charge in [-0.3, -0.25) is 14.5 Å². The first-order valence-corrected chi connectivity index (χ1v) is 7.25. The summed E-state index contributed by atoms with van der Waals surface area (Å²) in [7, 11) is 1.85. The van der Waals surface area contributed by atoms with Gasteiger partial charge in [-0.05, 0) is 26.8 Å². The number of hydrogen-bond acceptors (Lipinski definition) is 4. The van der Waals surface area contributed by atoms with Gasteiger partial charge in [0.25, 0.3) is 0 Å². The number of carbonyl (C=O) groups is 2. The molecule has 1 aliphatic rings. The van der Waals surface area contributed by atoms with Gasteiger partial charge in [0.2, 0.25) is 5.91 Å². The number of nitrogens with one attached hydrogen (secondary N) is 1. The van der Waals surface area contributed by atoms with E-state index >= 15 is 0 Å². The fourth-order valence-electron chi connectivity index (χ4n) is 2.36. The lowest BCUT2D eigenvalue weighted by molar-refractivity contribution is -0.143. The number of esters is 1. The third-order valence-electron chi connectivity index (χ3n) is 3.39. The average molecular weight is 270 g/mol. The summed E-state index contributed by atoms with van der Waals surface area (Å²) in [6.45, 7) is 3.09. The third-order valence-corrected chi connectivity index (χ3v) is 3.39. The SMILES string of the molecule is CCOC(=O)CCN(C)CC(=O)NC1CCCCC1. The van der Waals surface area contributed by atoms with E-state index in [4.69, 9.17) is 4.74 Å². The Hall–Kier alpha value is -1.10. The van der Waals surface area contributed by atoms with Crippen molar-refractivity contribution in [2.75, 3.05) is 26.7 Å². The second-order valence-corrected chi connectivity index (χ2v) is 5.20. The summed E-state index contributed by atoms with van der Waals surface area (Å²) in [4.78, 5) is 24.9. The number of nitrogens with zero attached hydrogens (tertiary/aromatic N) is 1. The molecular weight excluding hydrogens is 244 g/mol. The predicted molar refractivity (Wildman–Crippen MR) is 73.8 cm³/mol. The van der Waals surface area contributed by atoms with Crippen LogP contribution in [0.4, 0.5) is 0 Å². The molecule has 5 nitrogen and oxygen atoms in total. The quantitative estimate of drug-likeness (QED) is 0.709. The van der Waals surface area contributed by atoms with E-state index in [9.17, 15) is 9.59 Å². The molecule has 1 amide bonds. The second-order valence-electron chi connectivity index (χ2n) is 5.20. The Balaban J connectivity index is 2.14. The molecule has 110 valence electrons. The molecular formula is C14H26N2O3. The zero-order valence-corrected chi connectivity index (χ0v) is 12.1. The molecule has 5 heteroatoms. The molecule has 0 unspecified atom stereocenters. The minimum Gasteiger partial charge on any atom is -0.466 e. The molecule has 0 aromatic rings. The van der Waals surface area contributed by atoms with Crippen LogP contribution < -0.4 is 5.32 Å². The minimum atomic E-state index is -0.206. The summed E-state index contributed by atoms with van der Waals surface area (Å²) in [6.07, 6.45) is 6.23.